The molecule has 6 heteroatoms. The lowest BCUT2D eigenvalue weighted by Crippen LogP contribution is -2.57. The average Bonchev–Trinajstić information content (AvgIpc) is 3.11. The van der Waals surface area contributed by atoms with Crippen LogP contribution >= 0.6 is 0 Å². The minimum absolute atomic E-state index is 0.109. The molecule has 0 spiro atoms. The number of nitrogens with two attached hydrogens (primary N) is 1. The first-order chi connectivity index (χ1) is 8.23. The van der Waals surface area contributed by atoms with E-state index in [2.05, 4.69) is 0 Å². The van der Waals surface area contributed by atoms with Gasteiger partial charge >= 0.3 is 6.18 Å². The van der Waals surface area contributed by atoms with Crippen molar-refractivity contribution < 1.29 is 18.0 Å². The van der Waals surface area contributed by atoms with Crippen LogP contribution in [0, 0.1) is 11.8 Å². The fourth-order valence-corrected chi connectivity index (χ4v) is 2.63. The van der Waals surface area contributed by atoms with Gasteiger partial charge in [-0.15, -0.1) is 0 Å². The molecule has 104 valence electrons. The number of carbonyl (C=O) groups excluding carboxylic acids is 1. The molecule has 1 amide bonds. The highest BCUT2D eigenvalue weighted by Gasteiger charge is 2.49. The molecule has 2 fully saturated rings. The smallest absolute Gasteiger partial charge is 0.340 e. The van der Waals surface area contributed by atoms with Crippen LogP contribution in [0.15, 0.2) is 0 Å². The second-order valence-corrected chi connectivity index (χ2v) is 5.69. The molecule has 1 aliphatic carbocycles. The fraction of sp³-hybridized carbons (Fsp3) is 0.917. The van der Waals surface area contributed by atoms with Crippen molar-refractivity contribution in [3.63, 3.8) is 0 Å². The molecule has 0 aromatic rings. The van der Waals surface area contributed by atoms with Gasteiger partial charge in [0.2, 0.25) is 5.91 Å². The monoisotopic (exact) mass is 264 g/mol. The summed E-state index contributed by atoms with van der Waals surface area (Å²) in [5.74, 6) is -1.58. The van der Waals surface area contributed by atoms with Gasteiger partial charge in [0.15, 0.2) is 0 Å². The summed E-state index contributed by atoms with van der Waals surface area (Å²) in [5, 5.41) is 0. The highest BCUT2D eigenvalue weighted by Crippen LogP contribution is 2.40. The Kier molecular flexibility index (Phi) is 3.34. The summed E-state index contributed by atoms with van der Waals surface area (Å²) in [4.78, 5) is 13.5. The maximum atomic E-state index is 12.7. The van der Waals surface area contributed by atoms with Crippen molar-refractivity contribution in [2.24, 2.45) is 17.6 Å². The molecule has 0 aromatic carbocycles. The van der Waals surface area contributed by atoms with Crippen LogP contribution in [0.3, 0.4) is 0 Å². The van der Waals surface area contributed by atoms with Gasteiger partial charge in [0.25, 0.3) is 0 Å². The van der Waals surface area contributed by atoms with Crippen LogP contribution in [-0.4, -0.2) is 35.6 Å². The van der Waals surface area contributed by atoms with Crippen molar-refractivity contribution in [1.29, 1.82) is 0 Å². The van der Waals surface area contributed by atoms with Gasteiger partial charge < -0.3 is 10.6 Å². The van der Waals surface area contributed by atoms with Crippen molar-refractivity contribution in [3.05, 3.63) is 0 Å². The van der Waals surface area contributed by atoms with Crippen LogP contribution in [0.25, 0.3) is 0 Å². The van der Waals surface area contributed by atoms with E-state index in [1.54, 1.807) is 6.92 Å². The topological polar surface area (TPSA) is 46.3 Å². The third-order valence-electron chi connectivity index (χ3n) is 4.06. The van der Waals surface area contributed by atoms with Crippen LogP contribution in [0.5, 0.6) is 0 Å². The summed E-state index contributed by atoms with van der Waals surface area (Å²) in [6.07, 6.45) is -1.91. The fourth-order valence-electron chi connectivity index (χ4n) is 2.63. The van der Waals surface area contributed by atoms with Crippen molar-refractivity contribution >= 4 is 5.91 Å². The van der Waals surface area contributed by atoms with E-state index in [9.17, 15) is 18.0 Å². The van der Waals surface area contributed by atoms with Gasteiger partial charge in [-0.1, -0.05) is 0 Å². The van der Waals surface area contributed by atoms with E-state index in [-0.39, 0.29) is 24.8 Å². The van der Waals surface area contributed by atoms with Crippen molar-refractivity contribution in [1.82, 2.24) is 4.90 Å². The molecule has 1 saturated heterocycles. The number of piperidine rings is 1. The number of rotatable bonds is 2. The standard InChI is InChI=1S/C12H19F3N2O/c1-11(16,8-4-5-8)10(18)17-6-2-3-9(7-17)12(13,14)15/h8-9H,2-7,16H2,1H3. The number of hydrogen-bond acceptors (Lipinski definition) is 2. The summed E-state index contributed by atoms with van der Waals surface area (Å²) in [6, 6.07) is 0. The van der Waals surface area contributed by atoms with Gasteiger partial charge in [0.1, 0.15) is 0 Å². The zero-order valence-electron chi connectivity index (χ0n) is 10.5. The average molecular weight is 264 g/mol. The molecule has 1 heterocycles. The van der Waals surface area contributed by atoms with E-state index in [0.717, 1.165) is 12.8 Å². The first-order valence-corrected chi connectivity index (χ1v) is 6.38. The molecule has 1 saturated carbocycles. The molecule has 2 unspecified atom stereocenters. The van der Waals surface area contributed by atoms with Crippen molar-refractivity contribution in [2.75, 3.05) is 13.1 Å². The van der Waals surface area contributed by atoms with Gasteiger partial charge in [-0.3, -0.25) is 4.79 Å². The molecule has 3 nitrogen and oxygen atoms in total. The van der Waals surface area contributed by atoms with E-state index < -0.39 is 17.6 Å². The molecule has 18 heavy (non-hydrogen) atoms. The molecule has 2 rings (SSSR count). The first-order valence-electron chi connectivity index (χ1n) is 6.38. The van der Waals surface area contributed by atoms with Gasteiger partial charge in [-0.05, 0) is 38.5 Å². The summed E-state index contributed by atoms with van der Waals surface area (Å²) in [7, 11) is 0. The molecular formula is C12H19F3N2O. The summed E-state index contributed by atoms with van der Waals surface area (Å²) in [5.41, 5.74) is 4.99. The molecular weight excluding hydrogens is 245 g/mol. The van der Waals surface area contributed by atoms with E-state index in [1.165, 1.54) is 4.90 Å². The largest absolute Gasteiger partial charge is 0.393 e. The number of alkyl halides is 3. The maximum absolute atomic E-state index is 12.7. The second kappa shape index (κ2) is 4.40. The molecule has 0 bridgehead atoms. The zero-order valence-corrected chi connectivity index (χ0v) is 10.5. The normalized spacial score (nSPS) is 28.9. The van der Waals surface area contributed by atoms with Crippen molar-refractivity contribution in [3.8, 4) is 0 Å². The molecule has 2 aliphatic rings. The predicted molar refractivity (Wildman–Crippen MR) is 60.7 cm³/mol. The highest BCUT2D eigenvalue weighted by atomic mass is 19.4. The van der Waals surface area contributed by atoms with Gasteiger partial charge in [-0.2, -0.15) is 13.2 Å². The Bertz CT molecular complexity index is 337. The first kappa shape index (κ1) is 13.6. The molecule has 2 atom stereocenters. The highest BCUT2D eigenvalue weighted by molar-refractivity contribution is 5.86. The Balaban J connectivity index is 2.02. The van der Waals surface area contributed by atoms with Crippen LogP contribution in [0.4, 0.5) is 13.2 Å². The summed E-state index contributed by atoms with van der Waals surface area (Å²) in [6.45, 7) is 1.80. The van der Waals surface area contributed by atoms with Crippen LogP contribution in [0.1, 0.15) is 32.6 Å². The molecule has 0 aromatic heterocycles. The van der Waals surface area contributed by atoms with E-state index in [1.807, 2.05) is 0 Å². The van der Waals surface area contributed by atoms with E-state index >= 15 is 0 Å². The number of hydrogen-bond donors (Lipinski definition) is 1. The Morgan fingerprint density at radius 1 is 1.22 bits per heavy atom. The number of amides is 1. The minimum Gasteiger partial charge on any atom is -0.340 e. The van der Waals surface area contributed by atoms with E-state index in [4.69, 9.17) is 5.73 Å². The van der Waals surface area contributed by atoms with Gasteiger partial charge in [0.05, 0.1) is 11.5 Å². The number of nitrogens with zero attached hydrogens (tertiary/aromatic N) is 1. The maximum Gasteiger partial charge on any atom is 0.393 e. The number of halogens is 3. The molecule has 0 radical (unpaired) electrons. The third-order valence-corrected chi connectivity index (χ3v) is 4.06. The number of likely N-dealkylation sites (tertiary alicyclic amines) is 1. The third kappa shape index (κ3) is 2.63. The molecule has 1 aliphatic heterocycles. The number of carbonyl (C=O) groups is 1. The minimum atomic E-state index is -4.22. The SMILES string of the molecule is CC(N)(C(=O)N1CCCC(C(F)(F)F)C1)C1CC1. The van der Waals surface area contributed by atoms with Gasteiger partial charge in [-0.25, -0.2) is 0 Å². The second-order valence-electron chi connectivity index (χ2n) is 5.69. The zero-order chi connectivity index (χ0) is 13.6. The lowest BCUT2D eigenvalue weighted by Gasteiger charge is -2.38. The van der Waals surface area contributed by atoms with Crippen molar-refractivity contribution in [2.45, 2.75) is 44.3 Å². The molecule has 2 N–H and O–H groups in total. The van der Waals surface area contributed by atoms with Crippen LogP contribution in [0.2, 0.25) is 0 Å². The Labute approximate surface area is 104 Å². The summed E-state index contributed by atoms with van der Waals surface area (Å²) >= 11 is 0. The Morgan fingerprint density at radius 2 is 1.83 bits per heavy atom. The van der Waals surface area contributed by atoms with E-state index in [0.29, 0.717) is 13.0 Å². The summed E-state index contributed by atoms with van der Waals surface area (Å²) < 4.78 is 38.0. The lowest BCUT2D eigenvalue weighted by atomic mass is 9.91. The lowest BCUT2D eigenvalue weighted by molar-refractivity contribution is -0.189. The Hall–Kier alpha value is -0.780. The Morgan fingerprint density at radius 3 is 2.33 bits per heavy atom. The predicted octanol–water partition coefficient (Wildman–Crippen LogP) is 1.91. The van der Waals surface area contributed by atoms with Crippen LogP contribution in [-0.2, 0) is 4.79 Å². The quantitative estimate of drug-likeness (QED) is 0.828. The van der Waals surface area contributed by atoms with Gasteiger partial charge in [0, 0.05) is 13.1 Å². The van der Waals surface area contributed by atoms with Crippen LogP contribution < -0.4 is 5.73 Å².